The molecule has 70 valence electrons. The lowest BCUT2D eigenvalue weighted by Gasteiger charge is -2.01. The lowest BCUT2D eigenvalue weighted by atomic mass is 10.2. The molecule has 1 heterocycles. The van der Waals surface area contributed by atoms with Gasteiger partial charge in [0.05, 0.1) is 6.20 Å². The van der Waals surface area contributed by atoms with E-state index >= 15 is 0 Å². The Morgan fingerprint density at radius 3 is 3.08 bits per heavy atom. The fraction of sp³-hybridized carbons (Fsp3) is 0.556. The van der Waals surface area contributed by atoms with Gasteiger partial charge in [-0.25, -0.2) is 0 Å². The number of hydrogen-bond donors (Lipinski definition) is 1. The molecule has 4 heteroatoms. The molecule has 0 aliphatic heterocycles. The van der Waals surface area contributed by atoms with Crippen molar-refractivity contribution >= 4 is 5.91 Å². The van der Waals surface area contributed by atoms with Crippen LogP contribution >= 0.6 is 0 Å². The predicted molar refractivity (Wildman–Crippen MR) is 45.8 cm³/mol. The summed E-state index contributed by atoms with van der Waals surface area (Å²) < 4.78 is 4.87. The molecule has 0 spiro atoms. The summed E-state index contributed by atoms with van der Waals surface area (Å²) in [5.74, 6) is 1.19. The minimum Gasteiger partial charge on any atom is -0.361 e. The van der Waals surface area contributed by atoms with Crippen molar-refractivity contribution in [3.63, 3.8) is 0 Å². The van der Waals surface area contributed by atoms with Gasteiger partial charge in [0.2, 0.25) is 5.91 Å². The van der Waals surface area contributed by atoms with Crippen molar-refractivity contribution < 1.29 is 9.32 Å². The maximum absolute atomic E-state index is 11.2. The SMILES string of the molecule is Cc1oncc1CNC(=O)C1CC1. The lowest BCUT2D eigenvalue weighted by molar-refractivity contribution is -0.122. The average Bonchev–Trinajstić information content (AvgIpc) is 2.88. The highest BCUT2D eigenvalue weighted by Crippen LogP contribution is 2.28. The number of aromatic nitrogens is 1. The molecule has 0 atom stereocenters. The van der Waals surface area contributed by atoms with E-state index in [1.165, 1.54) is 0 Å². The molecule has 1 N–H and O–H groups in total. The molecule has 2 rings (SSSR count). The Balaban J connectivity index is 1.85. The number of aryl methyl sites for hydroxylation is 1. The number of carbonyl (C=O) groups is 1. The molecule has 1 aromatic heterocycles. The average molecular weight is 180 g/mol. The van der Waals surface area contributed by atoms with Gasteiger partial charge >= 0.3 is 0 Å². The van der Waals surface area contributed by atoms with E-state index in [4.69, 9.17) is 4.52 Å². The van der Waals surface area contributed by atoms with E-state index in [1.807, 2.05) is 6.92 Å². The van der Waals surface area contributed by atoms with Gasteiger partial charge in [-0.15, -0.1) is 0 Å². The number of amides is 1. The van der Waals surface area contributed by atoms with Gasteiger partial charge in [0.15, 0.2) is 0 Å². The molecule has 1 aromatic rings. The monoisotopic (exact) mass is 180 g/mol. The zero-order valence-corrected chi connectivity index (χ0v) is 7.54. The van der Waals surface area contributed by atoms with E-state index in [9.17, 15) is 4.79 Å². The summed E-state index contributed by atoms with van der Waals surface area (Å²) in [6.07, 6.45) is 3.71. The van der Waals surface area contributed by atoms with Crippen LogP contribution in [0.3, 0.4) is 0 Å². The molecule has 1 saturated carbocycles. The van der Waals surface area contributed by atoms with Crippen LogP contribution in [0.15, 0.2) is 10.7 Å². The van der Waals surface area contributed by atoms with Crippen molar-refractivity contribution in [3.05, 3.63) is 17.5 Å². The number of carbonyl (C=O) groups excluding carboxylic acids is 1. The minimum absolute atomic E-state index is 0.153. The molecule has 13 heavy (non-hydrogen) atoms. The predicted octanol–water partition coefficient (Wildman–Crippen LogP) is 1.01. The number of nitrogens with zero attached hydrogens (tertiary/aromatic N) is 1. The van der Waals surface area contributed by atoms with Crippen LogP contribution in [0, 0.1) is 12.8 Å². The van der Waals surface area contributed by atoms with Gasteiger partial charge in [-0.2, -0.15) is 0 Å². The Hall–Kier alpha value is -1.32. The molecule has 1 fully saturated rings. The van der Waals surface area contributed by atoms with Crippen LogP contribution in [0.25, 0.3) is 0 Å². The van der Waals surface area contributed by atoms with Gasteiger partial charge in [-0.3, -0.25) is 4.79 Å². The number of hydrogen-bond acceptors (Lipinski definition) is 3. The molecule has 1 aliphatic carbocycles. The Labute approximate surface area is 76.3 Å². The molecule has 0 saturated heterocycles. The molecule has 4 nitrogen and oxygen atoms in total. The first-order chi connectivity index (χ1) is 6.27. The highest BCUT2D eigenvalue weighted by atomic mass is 16.5. The standard InChI is InChI=1S/C9H12N2O2/c1-6-8(5-11-13-6)4-10-9(12)7-2-3-7/h5,7H,2-4H2,1H3,(H,10,12). The van der Waals surface area contributed by atoms with Crippen molar-refractivity contribution in [2.45, 2.75) is 26.3 Å². The van der Waals surface area contributed by atoms with Crippen molar-refractivity contribution in [1.82, 2.24) is 10.5 Å². The summed E-state index contributed by atoms with van der Waals surface area (Å²) in [6.45, 7) is 2.37. The first-order valence-electron chi connectivity index (χ1n) is 4.45. The fourth-order valence-corrected chi connectivity index (χ4v) is 1.16. The van der Waals surface area contributed by atoms with E-state index in [1.54, 1.807) is 6.20 Å². The van der Waals surface area contributed by atoms with Crippen LogP contribution < -0.4 is 5.32 Å². The largest absolute Gasteiger partial charge is 0.361 e. The van der Waals surface area contributed by atoms with Gasteiger partial charge in [-0.05, 0) is 19.8 Å². The van der Waals surface area contributed by atoms with E-state index in [-0.39, 0.29) is 11.8 Å². The number of nitrogens with one attached hydrogen (secondary N) is 1. The van der Waals surface area contributed by atoms with Crippen molar-refractivity contribution in [3.8, 4) is 0 Å². The third-order valence-corrected chi connectivity index (χ3v) is 2.25. The van der Waals surface area contributed by atoms with E-state index in [0.29, 0.717) is 6.54 Å². The molecule has 0 aromatic carbocycles. The number of rotatable bonds is 3. The Bertz CT molecular complexity index is 315. The summed E-state index contributed by atoms with van der Waals surface area (Å²) in [5.41, 5.74) is 0.953. The molecular formula is C9H12N2O2. The van der Waals surface area contributed by atoms with Gasteiger partial charge in [0.25, 0.3) is 0 Å². The highest BCUT2D eigenvalue weighted by molar-refractivity contribution is 5.80. The van der Waals surface area contributed by atoms with Crippen LogP contribution in [-0.2, 0) is 11.3 Å². The van der Waals surface area contributed by atoms with E-state index in [2.05, 4.69) is 10.5 Å². The third kappa shape index (κ3) is 1.88. The summed E-state index contributed by atoms with van der Waals surface area (Å²) in [7, 11) is 0. The van der Waals surface area contributed by atoms with Crippen LogP contribution in [0.5, 0.6) is 0 Å². The molecule has 1 aliphatic rings. The van der Waals surface area contributed by atoms with Gasteiger partial charge < -0.3 is 9.84 Å². The second-order valence-electron chi connectivity index (χ2n) is 3.40. The minimum atomic E-state index is 0.153. The summed E-state index contributed by atoms with van der Waals surface area (Å²) in [6, 6.07) is 0. The normalized spacial score (nSPS) is 15.8. The first kappa shape index (κ1) is 8.29. The van der Waals surface area contributed by atoms with Gasteiger partial charge in [0, 0.05) is 18.0 Å². The molecule has 1 amide bonds. The Morgan fingerprint density at radius 2 is 2.54 bits per heavy atom. The second-order valence-corrected chi connectivity index (χ2v) is 3.40. The molecular weight excluding hydrogens is 168 g/mol. The van der Waals surface area contributed by atoms with E-state index in [0.717, 1.165) is 24.2 Å². The van der Waals surface area contributed by atoms with Crippen LogP contribution in [0.4, 0.5) is 0 Å². The molecule has 0 radical (unpaired) electrons. The Morgan fingerprint density at radius 1 is 1.77 bits per heavy atom. The van der Waals surface area contributed by atoms with Crippen molar-refractivity contribution in [2.75, 3.05) is 0 Å². The highest BCUT2D eigenvalue weighted by Gasteiger charge is 2.29. The van der Waals surface area contributed by atoms with Crippen molar-refractivity contribution in [1.29, 1.82) is 0 Å². The van der Waals surface area contributed by atoms with Crippen LogP contribution in [0.2, 0.25) is 0 Å². The molecule has 0 bridgehead atoms. The maximum Gasteiger partial charge on any atom is 0.223 e. The lowest BCUT2D eigenvalue weighted by Crippen LogP contribution is -2.24. The maximum atomic E-state index is 11.2. The van der Waals surface area contributed by atoms with Crippen LogP contribution in [-0.4, -0.2) is 11.1 Å². The van der Waals surface area contributed by atoms with Crippen molar-refractivity contribution in [2.24, 2.45) is 5.92 Å². The summed E-state index contributed by atoms with van der Waals surface area (Å²) in [4.78, 5) is 11.2. The Kier molecular flexibility index (Phi) is 2.04. The zero-order chi connectivity index (χ0) is 9.26. The summed E-state index contributed by atoms with van der Waals surface area (Å²) >= 11 is 0. The van der Waals surface area contributed by atoms with Gasteiger partial charge in [0.1, 0.15) is 5.76 Å². The van der Waals surface area contributed by atoms with Gasteiger partial charge in [-0.1, -0.05) is 5.16 Å². The second kappa shape index (κ2) is 3.20. The summed E-state index contributed by atoms with van der Waals surface area (Å²) in [5, 5.41) is 6.48. The van der Waals surface area contributed by atoms with Crippen LogP contribution in [0.1, 0.15) is 24.2 Å². The van der Waals surface area contributed by atoms with E-state index < -0.39 is 0 Å². The smallest absolute Gasteiger partial charge is 0.223 e. The third-order valence-electron chi connectivity index (χ3n) is 2.25. The fourth-order valence-electron chi connectivity index (χ4n) is 1.16. The quantitative estimate of drug-likeness (QED) is 0.755. The first-order valence-corrected chi connectivity index (χ1v) is 4.45. The zero-order valence-electron chi connectivity index (χ0n) is 7.54. The molecule has 0 unspecified atom stereocenters. The topological polar surface area (TPSA) is 55.1 Å².